The van der Waals surface area contributed by atoms with E-state index in [1.165, 1.54) is 11.3 Å². The van der Waals surface area contributed by atoms with E-state index >= 15 is 0 Å². The second-order valence-corrected chi connectivity index (χ2v) is 11.2. The van der Waals surface area contributed by atoms with Crippen LogP contribution in [0, 0.1) is 0 Å². The molecule has 4 heterocycles. The van der Waals surface area contributed by atoms with Gasteiger partial charge >= 0.3 is 0 Å². The smallest absolute Gasteiger partial charge is 0.293 e. The van der Waals surface area contributed by atoms with Crippen molar-refractivity contribution in [3.63, 3.8) is 0 Å². The quantitative estimate of drug-likeness (QED) is 0.352. The average molecular weight is 505 g/mol. The molecular formula is C21H20N4O5S3. The third-order valence-corrected chi connectivity index (χ3v) is 8.65. The Hall–Kier alpha value is -2.77. The summed E-state index contributed by atoms with van der Waals surface area (Å²) in [6.45, 7) is 2.25. The molecule has 1 amide bonds. The van der Waals surface area contributed by atoms with Crippen molar-refractivity contribution in [1.82, 2.24) is 10.3 Å². The van der Waals surface area contributed by atoms with Crippen LogP contribution in [0.15, 0.2) is 56.5 Å². The van der Waals surface area contributed by atoms with Crippen LogP contribution in [0.1, 0.15) is 16.3 Å². The van der Waals surface area contributed by atoms with Crippen molar-refractivity contribution < 1.29 is 22.4 Å². The van der Waals surface area contributed by atoms with Crippen LogP contribution < -0.4 is 15.4 Å². The van der Waals surface area contributed by atoms with Gasteiger partial charge in [0.25, 0.3) is 15.9 Å². The number of benzene rings is 1. The molecule has 1 fully saturated rings. The maximum absolute atomic E-state index is 12.6. The molecule has 0 aliphatic carbocycles. The number of carbonyl (C=O) groups excluding carboxylic acids is 1. The number of anilines is 2. The molecule has 0 radical (unpaired) electrons. The summed E-state index contributed by atoms with van der Waals surface area (Å²) >= 11 is 2.39. The molecular weight excluding hydrogens is 484 g/mol. The van der Waals surface area contributed by atoms with Gasteiger partial charge in [0.2, 0.25) is 0 Å². The molecule has 1 aliphatic rings. The van der Waals surface area contributed by atoms with E-state index in [0.29, 0.717) is 35.1 Å². The molecule has 9 nitrogen and oxygen atoms in total. The van der Waals surface area contributed by atoms with Crippen molar-refractivity contribution >= 4 is 59.6 Å². The van der Waals surface area contributed by atoms with Crippen LogP contribution in [0.4, 0.5) is 10.8 Å². The summed E-state index contributed by atoms with van der Waals surface area (Å²) in [6.07, 6.45) is 0.613. The first kappa shape index (κ1) is 22.0. The van der Waals surface area contributed by atoms with Crippen LogP contribution in [0.2, 0.25) is 0 Å². The fourth-order valence-electron chi connectivity index (χ4n) is 3.41. The van der Waals surface area contributed by atoms with Gasteiger partial charge in [-0.1, -0.05) is 17.4 Å². The van der Waals surface area contributed by atoms with Crippen molar-refractivity contribution in [1.29, 1.82) is 0 Å². The van der Waals surface area contributed by atoms with Crippen LogP contribution in [0.5, 0.6) is 0 Å². The monoisotopic (exact) mass is 504 g/mol. The lowest BCUT2D eigenvalue weighted by atomic mass is 10.2. The number of carbonyl (C=O) groups is 1. The molecule has 0 spiro atoms. The van der Waals surface area contributed by atoms with E-state index < -0.39 is 15.9 Å². The van der Waals surface area contributed by atoms with Gasteiger partial charge in [-0.05, 0) is 41.8 Å². The molecule has 0 saturated carbocycles. The van der Waals surface area contributed by atoms with Gasteiger partial charge in [0, 0.05) is 19.5 Å². The average Bonchev–Trinajstić information content (AvgIpc) is 3.55. The molecule has 12 heteroatoms. The molecule has 1 aromatic carbocycles. The normalized spacial score (nSPS) is 16.7. The Morgan fingerprint density at radius 3 is 2.94 bits per heavy atom. The van der Waals surface area contributed by atoms with Crippen molar-refractivity contribution in [2.75, 3.05) is 29.7 Å². The maximum Gasteiger partial charge on any atom is 0.293 e. The number of amides is 1. The number of fused-ring (bicyclic) bond motifs is 1. The second kappa shape index (κ2) is 9.23. The summed E-state index contributed by atoms with van der Waals surface area (Å²) in [5.41, 5.74) is 1.07. The van der Waals surface area contributed by atoms with Gasteiger partial charge in [0.1, 0.15) is 9.97 Å². The minimum absolute atomic E-state index is 0.0245. The molecule has 0 bridgehead atoms. The van der Waals surface area contributed by atoms with Gasteiger partial charge in [0.05, 0.1) is 28.6 Å². The van der Waals surface area contributed by atoms with E-state index in [4.69, 9.17) is 9.15 Å². The zero-order chi connectivity index (χ0) is 22.8. The first-order valence-corrected chi connectivity index (χ1v) is 13.3. The largest absolute Gasteiger partial charge is 0.456 e. The second-order valence-electron chi connectivity index (χ2n) is 7.36. The topological polar surface area (TPSA) is 123 Å². The van der Waals surface area contributed by atoms with E-state index in [0.717, 1.165) is 29.1 Å². The van der Waals surface area contributed by atoms with E-state index in [-0.39, 0.29) is 16.1 Å². The third-order valence-electron chi connectivity index (χ3n) is 4.94. The summed E-state index contributed by atoms with van der Waals surface area (Å²) in [5, 5.41) is 8.11. The van der Waals surface area contributed by atoms with Gasteiger partial charge in [-0.25, -0.2) is 13.4 Å². The highest BCUT2D eigenvalue weighted by Gasteiger charge is 2.19. The molecule has 1 saturated heterocycles. The summed E-state index contributed by atoms with van der Waals surface area (Å²) in [5.74, 6) is 0.472. The fourth-order valence-corrected chi connectivity index (χ4v) is 6.35. The zero-order valence-electron chi connectivity index (χ0n) is 17.2. The van der Waals surface area contributed by atoms with Gasteiger partial charge in [0.15, 0.2) is 10.9 Å². The lowest BCUT2D eigenvalue weighted by molar-refractivity contribution is 0.0261. The van der Waals surface area contributed by atoms with Crippen LogP contribution in [-0.4, -0.2) is 45.1 Å². The van der Waals surface area contributed by atoms with Gasteiger partial charge < -0.3 is 14.5 Å². The minimum Gasteiger partial charge on any atom is -0.456 e. The highest BCUT2D eigenvalue weighted by Crippen LogP contribution is 2.30. The number of morpholine rings is 1. The maximum atomic E-state index is 12.6. The zero-order valence-corrected chi connectivity index (χ0v) is 19.7. The number of nitrogens with one attached hydrogen (secondary N) is 3. The number of nitrogens with zero attached hydrogens (tertiary/aromatic N) is 1. The van der Waals surface area contributed by atoms with Crippen LogP contribution in [0.25, 0.3) is 10.2 Å². The minimum atomic E-state index is -3.64. The third kappa shape index (κ3) is 5.09. The molecule has 1 unspecified atom stereocenters. The highest BCUT2D eigenvalue weighted by molar-refractivity contribution is 7.94. The van der Waals surface area contributed by atoms with Gasteiger partial charge in [-0.2, -0.15) is 0 Å². The number of ether oxygens (including phenoxy) is 1. The van der Waals surface area contributed by atoms with Gasteiger partial charge in [-0.3, -0.25) is 14.8 Å². The van der Waals surface area contributed by atoms with Crippen molar-refractivity contribution in [3.05, 3.63) is 59.4 Å². The predicted molar refractivity (Wildman–Crippen MR) is 128 cm³/mol. The van der Waals surface area contributed by atoms with Crippen molar-refractivity contribution in [2.45, 2.75) is 16.7 Å². The lowest BCUT2D eigenvalue weighted by Gasteiger charge is -2.22. The van der Waals surface area contributed by atoms with Crippen LogP contribution in [0.3, 0.4) is 0 Å². The molecule has 1 aliphatic heterocycles. The number of thiazole rings is 1. The van der Waals surface area contributed by atoms with E-state index in [9.17, 15) is 13.2 Å². The highest BCUT2D eigenvalue weighted by atomic mass is 32.2. The Morgan fingerprint density at radius 1 is 1.24 bits per heavy atom. The van der Waals surface area contributed by atoms with Crippen LogP contribution >= 0.6 is 22.7 Å². The summed E-state index contributed by atoms with van der Waals surface area (Å²) < 4.78 is 39.8. The number of thiophene rings is 1. The molecule has 5 rings (SSSR count). The van der Waals surface area contributed by atoms with Crippen molar-refractivity contribution in [3.8, 4) is 0 Å². The summed E-state index contributed by atoms with van der Waals surface area (Å²) in [7, 11) is -3.64. The summed E-state index contributed by atoms with van der Waals surface area (Å²) in [4.78, 5) is 17.0. The number of aromatic nitrogens is 1. The number of furan rings is 1. The van der Waals surface area contributed by atoms with Crippen molar-refractivity contribution in [2.24, 2.45) is 0 Å². The summed E-state index contributed by atoms with van der Waals surface area (Å²) in [6, 6.07) is 11.7. The molecule has 4 aromatic rings. The Balaban J connectivity index is 1.26. The Bertz CT molecular complexity index is 1370. The molecule has 3 aromatic heterocycles. The molecule has 3 N–H and O–H groups in total. The Morgan fingerprint density at radius 2 is 2.15 bits per heavy atom. The number of rotatable bonds is 7. The lowest BCUT2D eigenvalue weighted by Crippen LogP contribution is -2.39. The number of sulfonamides is 1. The molecule has 1 atom stereocenters. The molecule has 172 valence electrons. The molecule has 33 heavy (non-hydrogen) atoms. The van der Waals surface area contributed by atoms with E-state index in [2.05, 4.69) is 20.3 Å². The first-order chi connectivity index (χ1) is 16.0. The number of hydrogen-bond donors (Lipinski definition) is 3. The number of hydrogen-bond acceptors (Lipinski definition) is 9. The SMILES string of the molecule is O=C(Nc1nc2ccc(NS(=O)(=O)c3cccs3)cc2s1)c1ccc(CC2CNCCO2)o1. The van der Waals surface area contributed by atoms with E-state index in [1.807, 2.05) is 0 Å². The van der Waals surface area contributed by atoms with E-state index in [1.54, 1.807) is 47.8 Å². The first-order valence-electron chi connectivity index (χ1n) is 10.2. The van der Waals surface area contributed by atoms with Crippen LogP contribution in [-0.2, 0) is 21.2 Å². The fraction of sp³-hybridized carbons (Fsp3) is 0.238. The Labute approximate surface area is 197 Å². The predicted octanol–water partition coefficient (Wildman–Crippen LogP) is 3.53. The van der Waals surface area contributed by atoms with Gasteiger partial charge in [-0.15, -0.1) is 11.3 Å². The standard InChI is InChI=1S/C21H20N4O5S3/c26-20(17-6-4-14(30-17)11-15-12-22-7-8-29-15)24-21-23-16-5-3-13(10-18(16)32-21)25-33(27,28)19-2-1-9-31-19/h1-6,9-10,15,22,25H,7-8,11-12H2,(H,23,24,26). The Kier molecular flexibility index (Phi) is 6.17.